The summed E-state index contributed by atoms with van der Waals surface area (Å²) in [5.74, 6) is -0.437. The zero-order chi connectivity index (χ0) is 14.7. The molecular weight excluding hydrogens is 258 g/mol. The minimum atomic E-state index is -0.971. The molecule has 0 heterocycles. The fourth-order valence-corrected chi connectivity index (χ4v) is 2.19. The number of aryl methyl sites for hydroxylation is 1. The quantitative estimate of drug-likeness (QED) is 0.864. The second-order valence-electron chi connectivity index (χ2n) is 4.99. The molecule has 5 heteroatoms. The van der Waals surface area contributed by atoms with Gasteiger partial charge in [0.05, 0.1) is 5.56 Å². The van der Waals surface area contributed by atoms with E-state index < -0.39 is 5.97 Å². The summed E-state index contributed by atoms with van der Waals surface area (Å²) in [5, 5.41) is 8.89. The highest BCUT2D eigenvalue weighted by molar-refractivity contribution is 5.88. The van der Waals surface area contributed by atoms with Crippen molar-refractivity contribution >= 4 is 11.9 Å². The van der Waals surface area contributed by atoms with Crippen LogP contribution in [0.1, 0.15) is 35.7 Å². The van der Waals surface area contributed by atoms with Crippen molar-refractivity contribution in [2.24, 2.45) is 0 Å². The van der Waals surface area contributed by atoms with E-state index in [1.54, 1.807) is 19.1 Å². The number of carboxylic acids is 1. The van der Waals surface area contributed by atoms with Crippen LogP contribution in [0.25, 0.3) is 0 Å². The Balaban J connectivity index is 1.96. The van der Waals surface area contributed by atoms with Crippen molar-refractivity contribution in [2.45, 2.75) is 32.7 Å². The predicted molar refractivity (Wildman–Crippen MR) is 74.0 cm³/mol. The van der Waals surface area contributed by atoms with E-state index in [1.807, 2.05) is 11.8 Å². The minimum absolute atomic E-state index is 0.00238. The number of carbonyl (C=O) groups excluding carboxylic acids is 1. The molecule has 0 aromatic heterocycles. The number of rotatable bonds is 6. The van der Waals surface area contributed by atoms with Gasteiger partial charge in [-0.05, 0) is 50.5 Å². The molecule has 0 unspecified atom stereocenters. The van der Waals surface area contributed by atoms with Gasteiger partial charge in [0.2, 0.25) is 0 Å². The SMILES string of the molecule is CCN(C(=O)COc1ccc(C(=O)O)cc1C)C1CC1. The zero-order valence-electron chi connectivity index (χ0n) is 11.8. The highest BCUT2D eigenvalue weighted by Gasteiger charge is 2.31. The molecule has 108 valence electrons. The smallest absolute Gasteiger partial charge is 0.335 e. The van der Waals surface area contributed by atoms with Crippen LogP contribution in [0.2, 0.25) is 0 Å². The number of amides is 1. The van der Waals surface area contributed by atoms with Crippen LogP contribution < -0.4 is 4.74 Å². The maximum Gasteiger partial charge on any atom is 0.335 e. The largest absolute Gasteiger partial charge is 0.483 e. The van der Waals surface area contributed by atoms with Gasteiger partial charge in [0.15, 0.2) is 6.61 Å². The fraction of sp³-hybridized carbons (Fsp3) is 0.467. The van der Waals surface area contributed by atoms with Gasteiger partial charge in [0.1, 0.15) is 5.75 Å². The molecule has 0 radical (unpaired) electrons. The Morgan fingerprint density at radius 1 is 1.40 bits per heavy atom. The van der Waals surface area contributed by atoms with E-state index in [4.69, 9.17) is 9.84 Å². The van der Waals surface area contributed by atoms with Crippen molar-refractivity contribution in [2.75, 3.05) is 13.2 Å². The van der Waals surface area contributed by atoms with Crippen LogP contribution in [0.3, 0.4) is 0 Å². The number of hydrogen-bond acceptors (Lipinski definition) is 3. The number of nitrogens with zero attached hydrogens (tertiary/aromatic N) is 1. The van der Waals surface area contributed by atoms with E-state index in [-0.39, 0.29) is 18.1 Å². The molecule has 0 saturated heterocycles. The molecule has 0 atom stereocenters. The Bertz CT molecular complexity index is 523. The van der Waals surface area contributed by atoms with E-state index in [2.05, 4.69) is 0 Å². The number of ether oxygens (including phenoxy) is 1. The first-order valence-electron chi connectivity index (χ1n) is 6.79. The Labute approximate surface area is 118 Å². The molecule has 0 aliphatic heterocycles. The predicted octanol–water partition coefficient (Wildman–Crippen LogP) is 2.08. The molecule has 20 heavy (non-hydrogen) atoms. The van der Waals surface area contributed by atoms with Crippen LogP contribution in [-0.4, -0.2) is 41.1 Å². The summed E-state index contributed by atoms with van der Waals surface area (Å²) in [6, 6.07) is 5.00. The molecular formula is C15H19NO4. The zero-order valence-corrected chi connectivity index (χ0v) is 11.8. The Morgan fingerprint density at radius 3 is 2.60 bits per heavy atom. The summed E-state index contributed by atoms with van der Waals surface area (Å²) in [6.07, 6.45) is 2.15. The van der Waals surface area contributed by atoms with Gasteiger partial charge in [-0.3, -0.25) is 4.79 Å². The number of carboxylic acid groups (broad SMARTS) is 1. The number of carbonyl (C=O) groups is 2. The lowest BCUT2D eigenvalue weighted by Crippen LogP contribution is -2.36. The number of likely N-dealkylation sites (N-methyl/N-ethyl adjacent to an activating group) is 1. The van der Waals surface area contributed by atoms with E-state index in [9.17, 15) is 9.59 Å². The lowest BCUT2D eigenvalue weighted by molar-refractivity contribution is -0.133. The van der Waals surface area contributed by atoms with Crippen LogP contribution in [-0.2, 0) is 4.79 Å². The average molecular weight is 277 g/mol. The summed E-state index contributed by atoms with van der Waals surface area (Å²) < 4.78 is 5.51. The first-order valence-corrected chi connectivity index (χ1v) is 6.79. The molecule has 5 nitrogen and oxygen atoms in total. The van der Waals surface area contributed by atoms with Crippen molar-refractivity contribution in [1.82, 2.24) is 4.90 Å². The summed E-state index contributed by atoms with van der Waals surface area (Å²) >= 11 is 0. The number of benzene rings is 1. The second kappa shape index (κ2) is 5.94. The third-order valence-corrected chi connectivity index (χ3v) is 3.42. The van der Waals surface area contributed by atoms with Crippen molar-refractivity contribution in [3.63, 3.8) is 0 Å². The highest BCUT2D eigenvalue weighted by Crippen LogP contribution is 2.27. The van der Waals surface area contributed by atoms with Crippen molar-refractivity contribution in [3.8, 4) is 5.75 Å². The van der Waals surface area contributed by atoms with Crippen molar-refractivity contribution in [1.29, 1.82) is 0 Å². The van der Waals surface area contributed by atoms with E-state index >= 15 is 0 Å². The normalized spacial score (nSPS) is 13.9. The standard InChI is InChI=1S/C15H19NO4/c1-3-16(12-5-6-12)14(17)9-20-13-7-4-11(15(18)19)8-10(13)2/h4,7-8,12H,3,5-6,9H2,1-2H3,(H,18,19). The van der Waals surface area contributed by atoms with Gasteiger partial charge >= 0.3 is 5.97 Å². The lowest BCUT2D eigenvalue weighted by Gasteiger charge is -2.20. The van der Waals surface area contributed by atoms with E-state index in [0.29, 0.717) is 23.9 Å². The maximum atomic E-state index is 12.0. The second-order valence-corrected chi connectivity index (χ2v) is 4.99. The van der Waals surface area contributed by atoms with Gasteiger partial charge in [0.25, 0.3) is 5.91 Å². The van der Waals surface area contributed by atoms with Gasteiger partial charge in [-0.1, -0.05) is 0 Å². The van der Waals surface area contributed by atoms with Crippen LogP contribution in [0.4, 0.5) is 0 Å². The molecule has 1 amide bonds. The number of aromatic carboxylic acids is 1. The van der Waals surface area contributed by atoms with Crippen LogP contribution in [0, 0.1) is 6.92 Å². The Morgan fingerprint density at radius 2 is 2.10 bits per heavy atom. The van der Waals surface area contributed by atoms with Crippen LogP contribution in [0.5, 0.6) is 5.75 Å². The van der Waals surface area contributed by atoms with Crippen molar-refractivity contribution < 1.29 is 19.4 Å². The van der Waals surface area contributed by atoms with Gasteiger partial charge in [0, 0.05) is 12.6 Å². The third kappa shape index (κ3) is 3.29. The van der Waals surface area contributed by atoms with E-state index in [1.165, 1.54) is 6.07 Å². The fourth-order valence-electron chi connectivity index (χ4n) is 2.19. The van der Waals surface area contributed by atoms with Gasteiger partial charge in [-0.25, -0.2) is 4.79 Å². The molecule has 1 aliphatic rings. The Hall–Kier alpha value is -2.04. The molecule has 1 aromatic rings. The molecule has 1 N–H and O–H groups in total. The van der Waals surface area contributed by atoms with Gasteiger partial charge in [-0.2, -0.15) is 0 Å². The summed E-state index contributed by atoms with van der Waals surface area (Å²) in [5.41, 5.74) is 0.932. The average Bonchev–Trinajstić information content (AvgIpc) is 3.22. The molecule has 1 aromatic carbocycles. The highest BCUT2D eigenvalue weighted by atomic mass is 16.5. The minimum Gasteiger partial charge on any atom is -0.483 e. The summed E-state index contributed by atoms with van der Waals surface area (Å²) in [4.78, 5) is 24.7. The molecule has 0 spiro atoms. The van der Waals surface area contributed by atoms with Crippen molar-refractivity contribution in [3.05, 3.63) is 29.3 Å². The first-order chi connectivity index (χ1) is 9.52. The third-order valence-electron chi connectivity index (χ3n) is 3.42. The van der Waals surface area contributed by atoms with Gasteiger partial charge in [-0.15, -0.1) is 0 Å². The number of hydrogen-bond donors (Lipinski definition) is 1. The molecule has 1 aliphatic carbocycles. The lowest BCUT2D eigenvalue weighted by atomic mass is 10.1. The summed E-state index contributed by atoms with van der Waals surface area (Å²) in [7, 11) is 0. The molecule has 2 rings (SSSR count). The molecule has 1 saturated carbocycles. The monoisotopic (exact) mass is 277 g/mol. The first kappa shape index (κ1) is 14.4. The molecule has 1 fully saturated rings. The Kier molecular flexibility index (Phi) is 4.27. The topological polar surface area (TPSA) is 66.8 Å². The van der Waals surface area contributed by atoms with Crippen LogP contribution >= 0.6 is 0 Å². The molecule has 0 bridgehead atoms. The van der Waals surface area contributed by atoms with Gasteiger partial charge < -0.3 is 14.7 Å². The van der Waals surface area contributed by atoms with Crippen LogP contribution in [0.15, 0.2) is 18.2 Å². The summed E-state index contributed by atoms with van der Waals surface area (Å²) in [6.45, 7) is 4.43. The van der Waals surface area contributed by atoms with E-state index in [0.717, 1.165) is 12.8 Å². The maximum absolute atomic E-state index is 12.0.